The lowest BCUT2D eigenvalue weighted by atomic mass is 10.0. The lowest BCUT2D eigenvalue weighted by Crippen LogP contribution is -2.33. The molecule has 0 saturated carbocycles. The predicted octanol–water partition coefficient (Wildman–Crippen LogP) is 1.51. The molecule has 120 valence electrons. The number of aryl methyl sites for hydroxylation is 2. The van der Waals surface area contributed by atoms with Crippen molar-refractivity contribution in [2.45, 2.75) is 40.2 Å². The Hall–Kier alpha value is -1.73. The average molecular weight is 323 g/mol. The van der Waals surface area contributed by atoms with Crippen molar-refractivity contribution in [2.24, 2.45) is 5.92 Å². The summed E-state index contributed by atoms with van der Waals surface area (Å²) in [5.74, 6) is -0.317. The van der Waals surface area contributed by atoms with E-state index in [0.29, 0.717) is 17.9 Å². The monoisotopic (exact) mass is 323 g/mol. The zero-order valence-electron chi connectivity index (χ0n) is 13.2. The second-order valence-electron chi connectivity index (χ2n) is 5.69. The molecule has 0 aliphatic carbocycles. The van der Waals surface area contributed by atoms with Crippen LogP contribution in [0.3, 0.4) is 0 Å². The van der Waals surface area contributed by atoms with Gasteiger partial charge in [-0.3, -0.25) is 14.0 Å². The Kier molecular flexibility index (Phi) is 4.97. The summed E-state index contributed by atoms with van der Waals surface area (Å²) in [5, 5.41) is 12.4. The number of thiazole rings is 1. The molecule has 2 heterocycles. The Morgan fingerprint density at radius 3 is 2.77 bits per heavy atom. The number of aliphatic hydroxyl groups excluding tert-OH is 1. The first kappa shape index (κ1) is 16.6. The maximum absolute atomic E-state index is 12.4. The average Bonchev–Trinajstić information content (AvgIpc) is 2.74. The molecule has 0 spiro atoms. The van der Waals surface area contributed by atoms with Crippen molar-refractivity contribution >= 4 is 22.2 Å². The molecule has 0 fully saturated rings. The summed E-state index contributed by atoms with van der Waals surface area (Å²) in [6.07, 6.45) is 1.31. The van der Waals surface area contributed by atoms with Gasteiger partial charge in [0.25, 0.3) is 11.5 Å². The largest absolute Gasteiger partial charge is 0.393 e. The number of amides is 1. The third-order valence-corrected chi connectivity index (χ3v) is 4.83. The Bertz CT molecular complexity index is 748. The number of aromatic nitrogens is 2. The molecule has 2 aromatic heterocycles. The molecule has 2 N–H and O–H groups in total. The minimum absolute atomic E-state index is 0.0254. The van der Waals surface area contributed by atoms with E-state index < -0.39 is 12.0 Å². The van der Waals surface area contributed by atoms with Crippen molar-refractivity contribution in [3.8, 4) is 0 Å². The van der Waals surface area contributed by atoms with Crippen LogP contribution in [0.5, 0.6) is 0 Å². The van der Waals surface area contributed by atoms with Crippen LogP contribution in [0.1, 0.15) is 41.2 Å². The Morgan fingerprint density at radius 1 is 1.45 bits per heavy atom. The molecule has 1 amide bonds. The number of hydrogen-bond donors (Lipinski definition) is 2. The van der Waals surface area contributed by atoms with Gasteiger partial charge in [0.15, 0.2) is 4.96 Å². The van der Waals surface area contributed by atoms with Crippen LogP contribution in [0.2, 0.25) is 0 Å². The van der Waals surface area contributed by atoms with E-state index in [-0.39, 0.29) is 17.0 Å². The lowest BCUT2D eigenvalue weighted by molar-refractivity contribution is 0.0918. The molecule has 0 radical (unpaired) electrons. The second kappa shape index (κ2) is 6.58. The molecule has 6 nitrogen and oxygen atoms in total. The van der Waals surface area contributed by atoms with Crippen molar-refractivity contribution in [3.05, 3.63) is 32.7 Å². The van der Waals surface area contributed by atoms with Crippen molar-refractivity contribution in [3.63, 3.8) is 0 Å². The molecule has 7 heteroatoms. The van der Waals surface area contributed by atoms with E-state index >= 15 is 0 Å². The van der Waals surface area contributed by atoms with E-state index in [4.69, 9.17) is 0 Å². The van der Waals surface area contributed by atoms with Gasteiger partial charge in [-0.25, -0.2) is 4.98 Å². The highest BCUT2D eigenvalue weighted by molar-refractivity contribution is 7.17. The maximum Gasteiger partial charge on any atom is 0.271 e. The van der Waals surface area contributed by atoms with E-state index in [9.17, 15) is 14.7 Å². The molecule has 1 atom stereocenters. The van der Waals surface area contributed by atoms with Crippen LogP contribution < -0.4 is 10.9 Å². The highest BCUT2D eigenvalue weighted by Crippen LogP contribution is 2.18. The molecule has 0 aromatic carbocycles. The fourth-order valence-corrected chi connectivity index (χ4v) is 3.02. The van der Waals surface area contributed by atoms with Crippen molar-refractivity contribution in [1.82, 2.24) is 14.7 Å². The quantitative estimate of drug-likeness (QED) is 0.873. The molecule has 2 rings (SSSR count). The van der Waals surface area contributed by atoms with Crippen LogP contribution in [0.4, 0.5) is 0 Å². The van der Waals surface area contributed by atoms with Crippen molar-refractivity contribution < 1.29 is 9.90 Å². The number of nitrogens with one attached hydrogen (secondary N) is 1. The zero-order chi connectivity index (χ0) is 16.4. The summed E-state index contributed by atoms with van der Waals surface area (Å²) in [7, 11) is 0. The molecule has 22 heavy (non-hydrogen) atoms. The SMILES string of the molecule is Cc1sc2ncc(C(=O)NCCC(O)C(C)C)c(=O)n2c1C. The standard InChI is InChI=1S/C15H21N3O3S/c1-8(2)12(19)5-6-16-13(20)11-7-17-15-18(14(11)21)9(3)10(4)22-15/h7-8,12,19H,5-6H2,1-4H3,(H,16,20). The second-order valence-corrected chi connectivity index (χ2v) is 6.88. The maximum atomic E-state index is 12.4. The lowest BCUT2D eigenvalue weighted by Gasteiger charge is -2.14. The molecule has 2 aromatic rings. The van der Waals surface area contributed by atoms with Gasteiger partial charge in [0.05, 0.1) is 6.10 Å². The van der Waals surface area contributed by atoms with Crippen LogP contribution in [0.25, 0.3) is 4.96 Å². The molecular formula is C15H21N3O3S. The summed E-state index contributed by atoms with van der Waals surface area (Å²) < 4.78 is 1.47. The summed E-state index contributed by atoms with van der Waals surface area (Å²) in [4.78, 5) is 30.3. The molecule has 0 bridgehead atoms. The first-order valence-corrected chi connectivity index (χ1v) is 8.08. The van der Waals surface area contributed by atoms with Crippen LogP contribution in [0, 0.1) is 19.8 Å². The summed E-state index contributed by atoms with van der Waals surface area (Å²) in [6, 6.07) is 0. The third-order valence-electron chi connectivity index (χ3n) is 3.76. The number of hydrogen-bond acceptors (Lipinski definition) is 5. The number of aliphatic hydroxyl groups is 1. The van der Waals surface area contributed by atoms with E-state index in [1.807, 2.05) is 27.7 Å². The first-order chi connectivity index (χ1) is 10.3. The van der Waals surface area contributed by atoms with Gasteiger partial charge in [-0.05, 0) is 26.2 Å². The van der Waals surface area contributed by atoms with Gasteiger partial charge in [-0.1, -0.05) is 13.8 Å². The fraction of sp³-hybridized carbons (Fsp3) is 0.533. The molecular weight excluding hydrogens is 302 g/mol. The Labute approximate surface area is 132 Å². The number of nitrogens with zero attached hydrogens (tertiary/aromatic N) is 2. The zero-order valence-corrected chi connectivity index (χ0v) is 14.0. The smallest absolute Gasteiger partial charge is 0.271 e. The Morgan fingerprint density at radius 2 is 2.14 bits per heavy atom. The van der Waals surface area contributed by atoms with Crippen LogP contribution in [0.15, 0.2) is 11.0 Å². The molecule has 0 saturated heterocycles. The minimum atomic E-state index is -0.469. The molecule has 0 aliphatic heterocycles. The van der Waals surface area contributed by atoms with Gasteiger partial charge in [0, 0.05) is 23.3 Å². The van der Waals surface area contributed by atoms with Crippen LogP contribution in [-0.4, -0.2) is 33.0 Å². The number of fused-ring (bicyclic) bond motifs is 1. The molecule has 1 unspecified atom stereocenters. The van der Waals surface area contributed by atoms with Gasteiger partial charge >= 0.3 is 0 Å². The normalized spacial score (nSPS) is 12.8. The van der Waals surface area contributed by atoms with Gasteiger partial charge in [-0.2, -0.15) is 0 Å². The van der Waals surface area contributed by atoms with Gasteiger partial charge in [-0.15, -0.1) is 11.3 Å². The van der Waals surface area contributed by atoms with E-state index in [1.165, 1.54) is 21.9 Å². The minimum Gasteiger partial charge on any atom is -0.393 e. The summed E-state index contributed by atoms with van der Waals surface area (Å²) in [5.41, 5.74) is 0.480. The number of carbonyl (C=O) groups is 1. The van der Waals surface area contributed by atoms with E-state index in [2.05, 4.69) is 10.3 Å². The highest BCUT2D eigenvalue weighted by Gasteiger charge is 2.17. The topological polar surface area (TPSA) is 83.7 Å². The highest BCUT2D eigenvalue weighted by atomic mass is 32.1. The number of carbonyl (C=O) groups excluding carboxylic acids is 1. The first-order valence-electron chi connectivity index (χ1n) is 7.27. The third kappa shape index (κ3) is 3.20. The van der Waals surface area contributed by atoms with Gasteiger partial charge in [0.2, 0.25) is 0 Å². The van der Waals surface area contributed by atoms with Gasteiger partial charge in [0.1, 0.15) is 5.56 Å². The van der Waals surface area contributed by atoms with E-state index in [0.717, 1.165) is 10.6 Å². The van der Waals surface area contributed by atoms with Crippen LogP contribution in [-0.2, 0) is 0 Å². The van der Waals surface area contributed by atoms with Crippen molar-refractivity contribution in [2.75, 3.05) is 6.54 Å². The fourth-order valence-electron chi connectivity index (χ4n) is 2.09. The predicted molar refractivity (Wildman–Crippen MR) is 86.6 cm³/mol. The van der Waals surface area contributed by atoms with Crippen molar-refractivity contribution in [1.29, 1.82) is 0 Å². The van der Waals surface area contributed by atoms with Gasteiger partial charge < -0.3 is 10.4 Å². The Balaban J connectivity index is 2.17. The summed E-state index contributed by atoms with van der Waals surface area (Å²) in [6.45, 7) is 7.91. The van der Waals surface area contributed by atoms with E-state index in [1.54, 1.807) is 0 Å². The number of rotatable bonds is 5. The molecule has 0 aliphatic rings. The van der Waals surface area contributed by atoms with Crippen LogP contribution >= 0.6 is 11.3 Å². The summed E-state index contributed by atoms with van der Waals surface area (Å²) >= 11 is 1.43.